The Balaban J connectivity index is 2.25. The van der Waals surface area contributed by atoms with Crippen LogP contribution in [0.1, 0.15) is 15.9 Å². The van der Waals surface area contributed by atoms with Crippen molar-refractivity contribution in [3.05, 3.63) is 56.1 Å². The van der Waals surface area contributed by atoms with Gasteiger partial charge in [0.05, 0.1) is 16.3 Å². The Kier molecular flexibility index (Phi) is 4.31. The number of hydrogen-bond donors (Lipinski definition) is 2. The van der Waals surface area contributed by atoms with E-state index in [0.717, 1.165) is 9.13 Å². The summed E-state index contributed by atoms with van der Waals surface area (Å²) in [7, 11) is 0. The minimum atomic E-state index is -0.263. The summed E-state index contributed by atoms with van der Waals surface area (Å²) < 4.78 is 1.01. The SMILES string of the molecule is Cc1ccc(C(=O)Nc2ccc(I)cc2Cl)c(N)c1. The second-order valence-electron chi connectivity index (χ2n) is 4.17. The number of carbonyl (C=O) groups excluding carboxylic acids is 1. The van der Waals surface area contributed by atoms with Crippen LogP contribution < -0.4 is 11.1 Å². The molecule has 0 saturated carbocycles. The summed E-state index contributed by atoms with van der Waals surface area (Å²) >= 11 is 8.23. The Morgan fingerprint density at radius 1 is 1.26 bits per heavy atom. The van der Waals surface area contributed by atoms with Crippen LogP contribution in [-0.2, 0) is 0 Å². The molecule has 2 rings (SSSR count). The highest BCUT2D eigenvalue weighted by molar-refractivity contribution is 14.1. The topological polar surface area (TPSA) is 55.1 Å². The van der Waals surface area contributed by atoms with Gasteiger partial charge in [0.15, 0.2) is 0 Å². The number of hydrogen-bond acceptors (Lipinski definition) is 2. The van der Waals surface area contributed by atoms with Crippen LogP contribution in [0.3, 0.4) is 0 Å². The summed E-state index contributed by atoms with van der Waals surface area (Å²) in [5, 5.41) is 3.27. The van der Waals surface area contributed by atoms with Crippen LogP contribution >= 0.6 is 34.2 Å². The zero-order valence-electron chi connectivity index (χ0n) is 10.2. The normalized spacial score (nSPS) is 10.3. The van der Waals surface area contributed by atoms with E-state index in [-0.39, 0.29) is 5.91 Å². The summed E-state index contributed by atoms with van der Waals surface area (Å²) in [5.41, 5.74) is 8.34. The highest BCUT2D eigenvalue weighted by Crippen LogP contribution is 2.25. The molecule has 3 nitrogen and oxygen atoms in total. The van der Waals surface area contributed by atoms with E-state index in [1.54, 1.807) is 24.3 Å². The molecule has 0 aliphatic heterocycles. The van der Waals surface area contributed by atoms with E-state index in [1.165, 1.54) is 0 Å². The van der Waals surface area contributed by atoms with Gasteiger partial charge < -0.3 is 11.1 Å². The Hall–Kier alpha value is -1.27. The third-order valence-electron chi connectivity index (χ3n) is 2.63. The van der Waals surface area contributed by atoms with Crippen molar-refractivity contribution in [3.8, 4) is 0 Å². The quantitative estimate of drug-likeness (QED) is 0.603. The first-order valence-corrected chi connectivity index (χ1v) is 7.05. The molecule has 0 saturated heterocycles. The number of amides is 1. The Morgan fingerprint density at radius 3 is 2.63 bits per heavy atom. The molecule has 0 spiro atoms. The summed E-state index contributed by atoms with van der Waals surface area (Å²) in [5.74, 6) is -0.263. The lowest BCUT2D eigenvalue weighted by atomic mass is 10.1. The number of carbonyl (C=O) groups is 1. The molecule has 0 atom stereocenters. The van der Waals surface area contributed by atoms with Crippen molar-refractivity contribution >= 4 is 51.5 Å². The third-order valence-corrected chi connectivity index (χ3v) is 3.61. The van der Waals surface area contributed by atoms with Gasteiger partial charge in [-0.15, -0.1) is 0 Å². The number of nitrogens with two attached hydrogens (primary N) is 1. The van der Waals surface area contributed by atoms with Crippen LogP contribution in [0.25, 0.3) is 0 Å². The lowest BCUT2D eigenvalue weighted by Gasteiger charge is -2.09. The molecule has 1 amide bonds. The second-order valence-corrected chi connectivity index (χ2v) is 5.82. The monoisotopic (exact) mass is 386 g/mol. The number of aryl methyl sites for hydroxylation is 1. The molecule has 0 aliphatic carbocycles. The van der Waals surface area contributed by atoms with Gasteiger partial charge in [0.25, 0.3) is 5.91 Å². The number of benzene rings is 2. The van der Waals surface area contributed by atoms with Gasteiger partial charge in [-0.05, 0) is 65.4 Å². The molecule has 5 heteroatoms. The number of halogens is 2. The van der Waals surface area contributed by atoms with Gasteiger partial charge >= 0.3 is 0 Å². The minimum absolute atomic E-state index is 0.263. The molecule has 3 N–H and O–H groups in total. The second kappa shape index (κ2) is 5.79. The maximum atomic E-state index is 12.1. The van der Waals surface area contributed by atoms with E-state index in [4.69, 9.17) is 17.3 Å². The maximum absolute atomic E-state index is 12.1. The predicted octanol–water partition coefficient (Wildman–Crippen LogP) is 4.09. The third kappa shape index (κ3) is 3.39. The van der Waals surface area contributed by atoms with E-state index >= 15 is 0 Å². The molecule has 0 unspecified atom stereocenters. The number of nitrogen functional groups attached to an aromatic ring is 1. The van der Waals surface area contributed by atoms with Crippen LogP contribution in [0.5, 0.6) is 0 Å². The first-order chi connectivity index (χ1) is 8.97. The average Bonchev–Trinajstić information content (AvgIpc) is 2.32. The molecule has 98 valence electrons. The van der Waals surface area contributed by atoms with Gasteiger partial charge in [-0.3, -0.25) is 4.79 Å². The Morgan fingerprint density at radius 2 is 2.00 bits per heavy atom. The van der Waals surface area contributed by atoms with E-state index in [1.807, 2.05) is 19.1 Å². The molecule has 2 aromatic rings. The van der Waals surface area contributed by atoms with Gasteiger partial charge in [-0.25, -0.2) is 0 Å². The first kappa shape index (κ1) is 14.1. The van der Waals surface area contributed by atoms with Gasteiger partial charge in [-0.1, -0.05) is 17.7 Å². The number of anilines is 2. The zero-order chi connectivity index (χ0) is 14.0. The molecular formula is C14H12ClIN2O. The van der Waals surface area contributed by atoms with E-state index in [9.17, 15) is 4.79 Å². The molecule has 0 bridgehead atoms. The molecule has 0 aromatic heterocycles. The summed E-state index contributed by atoms with van der Waals surface area (Å²) in [4.78, 5) is 12.1. The summed E-state index contributed by atoms with van der Waals surface area (Å²) in [6.07, 6.45) is 0. The van der Waals surface area contributed by atoms with Crippen LogP contribution in [0.4, 0.5) is 11.4 Å². The van der Waals surface area contributed by atoms with Crippen molar-refractivity contribution < 1.29 is 4.79 Å². The molecule has 0 aliphatic rings. The smallest absolute Gasteiger partial charge is 0.257 e. The van der Waals surface area contributed by atoms with Gasteiger partial charge in [0, 0.05) is 9.26 Å². The number of rotatable bonds is 2. The summed E-state index contributed by atoms with van der Waals surface area (Å²) in [6.45, 7) is 1.92. The molecule has 0 radical (unpaired) electrons. The van der Waals surface area contributed by atoms with Crippen LogP contribution in [0.15, 0.2) is 36.4 Å². The molecule has 0 heterocycles. The highest BCUT2D eigenvalue weighted by Gasteiger charge is 2.11. The van der Waals surface area contributed by atoms with E-state index in [2.05, 4.69) is 27.9 Å². The van der Waals surface area contributed by atoms with Crippen molar-refractivity contribution in [2.75, 3.05) is 11.1 Å². The van der Waals surface area contributed by atoms with E-state index in [0.29, 0.717) is 22.0 Å². The largest absolute Gasteiger partial charge is 0.398 e. The molecule has 19 heavy (non-hydrogen) atoms. The fourth-order valence-corrected chi connectivity index (χ4v) is 2.57. The summed E-state index contributed by atoms with van der Waals surface area (Å²) in [6, 6.07) is 10.8. The average molecular weight is 387 g/mol. The van der Waals surface area contributed by atoms with Crippen LogP contribution in [-0.4, -0.2) is 5.91 Å². The van der Waals surface area contributed by atoms with Crippen molar-refractivity contribution in [2.45, 2.75) is 6.92 Å². The first-order valence-electron chi connectivity index (χ1n) is 5.60. The maximum Gasteiger partial charge on any atom is 0.257 e. The lowest BCUT2D eigenvalue weighted by molar-refractivity contribution is 0.102. The van der Waals surface area contributed by atoms with Crippen LogP contribution in [0, 0.1) is 10.5 Å². The Labute approximate surface area is 130 Å². The van der Waals surface area contributed by atoms with Crippen molar-refractivity contribution in [1.29, 1.82) is 0 Å². The lowest BCUT2D eigenvalue weighted by Crippen LogP contribution is -2.14. The number of nitrogens with one attached hydrogen (secondary N) is 1. The van der Waals surface area contributed by atoms with Gasteiger partial charge in [-0.2, -0.15) is 0 Å². The van der Waals surface area contributed by atoms with Crippen molar-refractivity contribution in [3.63, 3.8) is 0 Å². The predicted molar refractivity (Wildman–Crippen MR) is 87.7 cm³/mol. The zero-order valence-corrected chi connectivity index (χ0v) is 13.1. The minimum Gasteiger partial charge on any atom is -0.398 e. The van der Waals surface area contributed by atoms with Crippen molar-refractivity contribution in [2.24, 2.45) is 0 Å². The highest BCUT2D eigenvalue weighted by atomic mass is 127. The van der Waals surface area contributed by atoms with Crippen molar-refractivity contribution in [1.82, 2.24) is 0 Å². The Bertz CT molecular complexity index is 643. The van der Waals surface area contributed by atoms with Gasteiger partial charge in [0.2, 0.25) is 0 Å². The van der Waals surface area contributed by atoms with Crippen LogP contribution in [0.2, 0.25) is 5.02 Å². The van der Waals surface area contributed by atoms with E-state index < -0.39 is 0 Å². The standard InChI is InChI=1S/C14H12ClIN2O/c1-8-2-4-10(12(17)6-8)14(19)18-13-5-3-9(16)7-11(13)15/h2-7H,17H2,1H3,(H,18,19). The van der Waals surface area contributed by atoms with Gasteiger partial charge in [0.1, 0.15) is 0 Å². The molecule has 2 aromatic carbocycles. The fraction of sp³-hybridized carbons (Fsp3) is 0.0714. The molecule has 0 fully saturated rings. The molecular weight excluding hydrogens is 375 g/mol. The fourth-order valence-electron chi connectivity index (χ4n) is 1.67.